The van der Waals surface area contributed by atoms with Crippen LogP contribution in [0.1, 0.15) is 0 Å². The van der Waals surface area contributed by atoms with Crippen LogP contribution in [0.15, 0.2) is 54.6 Å². The van der Waals surface area contributed by atoms with Gasteiger partial charge in [0, 0.05) is 23.8 Å². The molecule has 2 aromatic carbocycles. The van der Waals surface area contributed by atoms with Crippen LogP contribution in [-0.4, -0.2) is 19.1 Å². The molecule has 4 heteroatoms. The van der Waals surface area contributed by atoms with E-state index in [1.165, 1.54) is 0 Å². The van der Waals surface area contributed by atoms with Crippen molar-refractivity contribution in [1.82, 2.24) is 4.98 Å². The summed E-state index contributed by atoms with van der Waals surface area (Å²) in [7, 11) is 3.66. The molecule has 4 nitrogen and oxygen atoms in total. The van der Waals surface area contributed by atoms with Crippen molar-refractivity contribution in [3.8, 4) is 5.75 Å². The van der Waals surface area contributed by atoms with Gasteiger partial charge in [-0.1, -0.05) is 0 Å². The molecule has 1 heterocycles. The number of ether oxygens (including phenoxy) is 1. The minimum Gasteiger partial charge on any atom is -0.497 e. The van der Waals surface area contributed by atoms with E-state index in [0.29, 0.717) is 0 Å². The maximum absolute atomic E-state index is 5.79. The summed E-state index contributed by atoms with van der Waals surface area (Å²) in [4.78, 5) is 6.71. The van der Waals surface area contributed by atoms with Gasteiger partial charge in [-0.15, -0.1) is 0 Å². The van der Waals surface area contributed by atoms with E-state index in [9.17, 15) is 0 Å². The minimum absolute atomic E-state index is 0.751. The summed E-state index contributed by atoms with van der Waals surface area (Å²) >= 11 is 0. The summed E-state index contributed by atoms with van der Waals surface area (Å²) in [5.74, 6) is 1.73. The van der Waals surface area contributed by atoms with Crippen molar-refractivity contribution in [3.05, 3.63) is 54.6 Å². The van der Waals surface area contributed by atoms with Gasteiger partial charge < -0.3 is 15.4 Å². The number of nitrogens with zero attached hydrogens (tertiary/aromatic N) is 2. The Hall–Kier alpha value is -2.75. The van der Waals surface area contributed by atoms with Crippen molar-refractivity contribution < 1.29 is 4.74 Å². The third-order valence-electron chi connectivity index (χ3n) is 3.50. The van der Waals surface area contributed by atoms with Crippen LogP contribution in [0.5, 0.6) is 5.75 Å². The lowest BCUT2D eigenvalue weighted by molar-refractivity contribution is 0.415. The third kappa shape index (κ3) is 2.60. The molecule has 0 unspecified atom stereocenters. The number of hydrogen-bond acceptors (Lipinski definition) is 4. The van der Waals surface area contributed by atoms with E-state index in [4.69, 9.17) is 10.5 Å². The zero-order valence-corrected chi connectivity index (χ0v) is 12.1. The van der Waals surface area contributed by atoms with Crippen molar-refractivity contribution in [2.45, 2.75) is 0 Å². The summed E-state index contributed by atoms with van der Waals surface area (Å²) in [6.07, 6.45) is 0. The summed E-state index contributed by atoms with van der Waals surface area (Å²) < 4.78 is 5.18. The van der Waals surface area contributed by atoms with E-state index < -0.39 is 0 Å². The number of nitrogen functional groups attached to an aromatic ring is 1. The molecule has 3 rings (SSSR count). The quantitative estimate of drug-likeness (QED) is 0.744. The van der Waals surface area contributed by atoms with E-state index in [2.05, 4.69) is 4.98 Å². The van der Waals surface area contributed by atoms with Gasteiger partial charge in [0.2, 0.25) is 0 Å². The van der Waals surface area contributed by atoms with Gasteiger partial charge in [0.1, 0.15) is 11.6 Å². The maximum Gasteiger partial charge on any atom is 0.133 e. The minimum atomic E-state index is 0.751. The van der Waals surface area contributed by atoms with E-state index >= 15 is 0 Å². The third-order valence-corrected chi connectivity index (χ3v) is 3.50. The van der Waals surface area contributed by atoms with Crippen LogP contribution in [0.4, 0.5) is 17.2 Å². The monoisotopic (exact) mass is 279 g/mol. The highest BCUT2D eigenvalue weighted by Crippen LogP contribution is 2.26. The van der Waals surface area contributed by atoms with Gasteiger partial charge >= 0.3 is 0 Å². The topological polar surface area (TPSA) is 51.4 Å². The fraction of sp³-hybridized carbons (Fsp3) is 0.118. The van der Waals surface area contributed by atoms with Gasteiger partial charge in [-0.05, 0) is 54.6 Å². The van der Waals surface area contributed by atoms with Gasteiger partial charge in [0.05, 0.1) is 12.6 Å². The summed E-state index contributed by atoms with van der Waals surface area (Å²) in [6, 6.07) is 17.7. The highest BCUT2D eigenvalue weighted by atomic mass is 16.5. The highest BCUT2D eigenvalue weighted by Gasteiger charge is 2.06. The second-order valence-electron chi connectivity index (χ2n) is 4.88. The molecule has 0 aliphatic rings. The number of aromatic nitrogens is 1. The Morgan fingerprint density at radius 3 is 2.48 bits per heavy atom. The largest absolute Gasteiger partial charge is 0.497 e. The maximum atomic E-state index is 5.79. The number of methoxy groups -OCH3 is 1. The molecule has 0 aliphatic heterocycles. The van der Waals surface area contributed by atoms with Gasteiger partial charge in [0.15, 0.2) is 0 Å². The van der Waals surface area contributed by atoms with Gasteiger partial charge in [-0.25, -0.2) is 4.98 Å². The molecule has 0 atom stereocenters. The second-order valence-corrected chi connectivity index (χ2v) is 4.88. The van der Waals surface area contributed by atoms with Crippen molar-refractivity contribution in [2.24, 2.45) is 0 Å². The normalized spacial score (nSPS) is 10.6. The predicted molar refractivity (Wildman–Crippen MR) is 87.2 cm³/mol. The number of nitrogens with two attached hydrogens (primary N) is 1. The number of rotatable bonds is 3. The standard InChI is InChI=1S/C17H17N3O/c1-20(14-5-7-15(21-2)8-6-14)17-10-3-12-11-13(18)4-9-16(12)19-17/h3-11H,18H2,1-2H3. The summed E-state index contributed by atoms with van der Waals surface area (Å²) in [6.45, 7) is 0. The van der Waals surface area contributed by atoms with E-state index in [1.807, 2.05) is 66.5 Å². The molecule has 21 heavy (non-hydrogen) atoms. The average molecular weight is 279 g/mol. The molecule has 0 saturated heterocycles. The van der Waals surface area contributed by atoms with Crippen molar-refractivity contribution in [3.63, 3.8) is 0 Å². The van der Waals surface area contributed by atoms with Gasteiger partial charge in [0.25, 0.3) is 0 Å². The molecule has 106 valence electrons. The first-order valence-corrected chi connectivity index (χ1v) is 6.71. The molecule has 2 N–H and O–H groups in total. The second kappa shape index (κ2) is 5.32. The number of pyridine rings is 1. The number of anilines is 3. The lowest BCUT2D eigenvalue weighted by atomic mass is 10.2. The summed E-state index contributed by atoms with van der Waals surface area (Å²) in [5, 5.41) is 1.04. The Morgan fingerprint density at radius 2 is 1.76 bits per heavy atom. The Bertz CT molecular complexity index is 769. The Morgan fingerprint density at radius 1 is 1.00 bits per heavy atom. The van der Waals surface area contributed by atoms with Crippen LogP contribution >= 0.6 is 0 Å². The first-order valence-electron chi connectivity index (χ1n) is 6.71. The zero-order valence-electron chi connectivity index (χ0n) is 12.1. The molecular weight excluding hydrogens is 262 g/mol. The molecule has 0 radical (unpaired) electrons. The molecular formula is C17H17N3O. The first-order chi connectivity index (χ1) is 10.2. The van der Waals surface area contributed by atoms with E-state index in [-0.39, 0.29) is 0 Å². The Labute approximate surface area is 123 Å². The highest BCUT2D eigenvalue weighted by molar-refractivity contribution is 5.84. The molecule has 0 saturated carbocycles. The van der Waals surface area contributed by atoms with Crippen LogP contribution in [0.2, 0.25) is 0 Å². The molecule has 0 spiro atoms. The van der Waals surface area contributed by atoms with Crippen LogP contribution in [0.25, 0.3) is 10.9 Å². The molecule has 0 fully saturated rings. The van der Waals surface area contributed by atoms with Crippen LogP contribution in [0.3, 0.4) is 0 Å². The smallest absolute Gasteiger partial charge is 0.133 e. The predicted octanol–water partition coefficient (Wildman–Crippen LogP) is 3.59. The van der Waals surface area contributed by atoms with Gasteiger partial charge in [-0.2, -0.15) is 0 Å². The average Bonchev–Trinajstić information content (AvgIpc) is 2.53. The van der Waals surface area contributed by atoms with Crippen LogP contribution in [0, 0.1) is 0 Å². The first kappa shape index (κ1) is 13.2. The van der Waals surface area contributed by atoms with Crippen molar-refractivity contribution in [2.75, 3.05) is 24.8 Å². The Balaban J connectivity index is 1.96. The molecule has 1 aromatic heterocycles. The van der Waals surface area contributed by atoms with Crippen LogP contribution < -0.4 is 15.4 Å². The van der Waals surface area contributed by atoms with Gasteiger partial charge in [-0.3, -0.25) is 0 Å². The lowest BCUT2D eigenvalue weighted by Crippen LogP contribution is -2.10. The molecule has 3 aromatic rings. The van der Waals surface area contributed by atoms with Crippen molar-refractivity contribution >= 4 is 28.1 Å². The SMILES string of the molecule is COc1ccc(N(C)c2ccc3cc(N)ccc3n2)cc1. The summed E-state index contributed by atoms with van der Waals surface area (Å²) in [5.41, 5.74) is 8.53. The van der Waals surface area contributed by atoms with E-state index in [1.54, 1.807) is 7.11 Å². The zero-order chi connectivity index (χ0) is 14.8. The lowest BCUT2D eigenvalue weighted by Gasteiger charge is -2.19. The molecule has 0 bridgehead atoms. The molecule has 0 amide bonds. The van der Waals surface area contributed by atoms with E-state index in [0.717, 1.165) is 33.8 Å². The fourth-order valence-electron chi connectivity index (χ4n) is 2.26. The number of benzene rings is 2. The van der Waals surface area contributed by atoms with Crippen molar-refractivity contribution in [1.29, 1.82) is 0 Å². The number of fused-ring (bicyclic) bond motifs is 1. The van der Waals surface area contributed by atoms with Crippen LogP contribution in [-0.2, 0) is 0 Å². The fourth-order valence-corrected chi connectivity index (χ4v) is 2.26. The number of hydrogen-bond donors (Lipinski definition) is 1. The molecule has 0 aliphatic carbocycles. The Kier molecular flexibility index (Phi) is 3.36.